The Balaban J connectivity index is 0.000000299. The van der Waals surface area contributed by atoms with Crippen molar-refractivity contribution in [1.82, 2.24) is 15.0 Å². The molecular weight excluding hydrogens is 568 g/mol. The number of H-pyrrole nitrogens is 1. The molecule has 0 bridgehead atoms. The number of aromatic nitrogens is 3. The Hall–Kier alpha value is -2.22. The summed E-state index contributed by atoms with van der Waals surface area (Å²) in [4.78, 5) is 11.9. The van der Waals surface area contributed by atoms with E-state index in [1.807, 2.05) is 65.5 Å². The van der Waals surface area contributed by atoms with E-state index in [1.165, 1.54) is 70.8 Å². The Labute approximate surface area is 250 Å². The van der Waals surface area contributed by atoms with Gasteiger partial charge in [0, 0.05) is 5.38 Å². The molecule has 0 unspecified atom stereocenters. The monoisotopic (exact) mass is 614 g/mol. The third-order valence-electron chi connectivity index (χ3n) is 6.89. The molecule has 0 amide bonds. The van der Waals surface area contributed by atoms with Crippen molar-refractivity contribution >= 4 is 22.4 Å². The van der Waals surface area contributed by atoms with E-state index >= 15 is 0 Å². The van der Waals surface area contributed by atoms with Gasteiger partial charge in [-0.15, -0.1) is 11.3 Å². The zero-order valence-corrected chi connectivity index (χ0v) is 26.5. The third-order valence-corrected chi connectivity index (χ3v) is 7.48. The minimum atomic E-state index is 0. The lowest BCUT2D eigenvalue weighted by Gasteiger charge is -2.29. The van der Waals surface area contributed by atoms with E-state index in [-0.39, 0.29) is 17.0 Å². The number of aromatic amines is 1. The molecule has 5 nitrogen and oxygen atoms in total. The molecule has 2 heterocycles. The van der Waals surface area contributed by atoms with Crippen molar-refractivity contribution < 1.29 is 26.2 Å². The maximum Gasteiger partial charge on any atom is 0.158 e. The lowest BCUT2D eigenvalue weighted by Crippen LogP contribution is -3.00. The molecule has 0 atom stereocenters. The molecule has 39 heavy (non-hydrogen) atoms. The standard InChI is InChI=1S/C22H40NO.C10H7N3S.BrH/c1-4-5-6-7-8-9-10-11-12-16-19-23(2,3)20-21-24-22-17-14-13-15-18-22;1-2-4-8-7(3-1)12-10(13-8)9-5-14-6-11-9;/h13-15,17-18H,4-12,16,19-21H2,1-3H3;1-6H,(H,12,13);1H/q+1;;/p-1. The van der Waals surface area contributed by atoms with Crippen molar-refractivity contribution in [2.75, 3.05) is 33.8 Å². The maximum atomic E-state index is 5.83. The van der Waals surface area contributed by atoms with Gasteiger partial charge in [-0.05, 0) is 37.1 Å². The number of hydrogen-bond donors (Lipinski definition) is 1. The van der Waals surface area contributed by atoms with Gasteiger partial charge < -0.3 is 31.2 Å². The van der Waals surface area contributed by atoms with Gasteiger partial charge in [0.05, 0.1) is 37.2 Å². The summed E-state index contributed by atoms with van der Waals surface area (Å²) in [6.45, 7) is 5.42. The van der Waals surface area contributed by atoms with Crippen LogP contribution >= 0.6 is 11.3 Å². The Morgan fingerprint density at radius 3 is 2.08 bits per heavy atom. The highest BCUT2D eigenvalue weighted by Crippen LogP contribution is 2.19. The first-order chi connectivity index (χ1) is 18.6. The first-order valence-corrected chi connectivity index (χ1v) is 15.3. The van der Waals surface area contributed by atoms with Crippen LogP contribution in [0.2, 0.25) is 0 Å². The second-order valence-corrected chi connectivity index (χ2v) is 11.4. The number of para-hydroxylation sites is 3. The summed E-state index contributed by atoms with van der Waals surface area (Å²) in [6, 6.07) is 18.1. The predicted molar refractivity (Wildman–Crippen MR) is 163 cm³/mol. The number of nitrogens with one attached hydrogen (secondary N) is 1. The number of fused-ring (bicyclic) bond motifs is 1. The molecule has 0 aliphatic rings. The normalized spacial score (nSPS) is 11.1. The van der Waals surface area contributed by atoms with Crippen molar-refractivity contribution in [3.63, 3.8) is 0 Å². The molecule has 0 aliphatic heterocycles. The molecule has 2 aromatic carbocycles. The van der Waals surface area contributed by atoms with Crippen LogP contribution in [-0.4, -0.2) is 53.2 Å². The predicted octanol–water partition coefficient (Wildman–Crippen LogP) is 5.75. The molecule has 0 aliphatic carbocycles. The molecule has 4 aromatic rings. The number of hydrogen-bond acceptors (Lipinski definition) is 4. The molecule has 0 saturated carbocycles. The van der Waals surface area contributed by atoms with Crippen LogP contribution < -0.4 is 21.7 Å². The summed E-state index contributed by atoms with van der Waals surface area (Å²) in [6.07, 6.45) is 14.1. The molecule has 0 saturated heterocycles. The molecule has 0 spiro atoms. The van der Waals surface area contributed by atoms with Gasteiger partial charge in [-0.1, -0.05) is 88.6 Å². The van der Waals surface area contributed by atoms with Gasteiger partial charge in [-0.2, -0.15) is 0 Å². The summed E-state index contributed by atoms with van der Waals surface area (Å²) in [7, 11) is 4.64. The van der Waals surface area contributed by atoms with E-state index in [9.17, 15) is 0 Å². The number of unbranched alkanes of at least 4 members (excludes halogenated alkanes) is 9. The quantitative estimate of drug-likeness (QED) is 0.129. The fourth-order valence-corrected chi connectivity index (χ4v) is 5.01. The number of halogens is 1. The second-order valence-electron chi connectivity index (χ2n) is 10.7. The van der Waals surface area contributed by atoms with Crippen molar-refractivity contribution in [3.8, 4) is 17.3 Å². The highest BCUT2D eigenvalue weighted by Gasteiger charge is 2.14. The van der Waals surface area contributed by atoms with E-state index in [2.05, 4.69) is 36.0 Å². The van der Waals surface area contributed by atoms with E-state index in [1.54, 1.807) is 11.3 Å². The summed E-state index contributed by atoms with van der Waals surface area (Å²) in [5.74, 6) is 1.82. The van der Waals surface area contributed by atoms with Crippen molar-refractivity contribution in [1.29, 1.82) is 0 Å². The summed E-state index contributed by atoms with van der Waals surface area (Å²) >= 11 is 1.57. The van der Waals surface area contributed by atoms with Gasteiger partial charge in [-0.3, -0.25) is 0 Å². The number of rotatable bonds is 16. The zero-order chi connectivity index (χ0) is 26.9. The summed E-state index contributed by atoms with van der Waals surface area (Å²) in [5.41, 5.74) is 4.75. The van der Waals surface area contributed by atoms with Gasteiger partial charge >= 0.3 is 0 Å². The van der Waals surface area contributed by atoms with Crippen LogP contribution in [0.4, 0.5) is 0 Å². The van der Waals surface area contributed by atoms with Gasteiger partial charge in [-0.25, -0.2) is 9.97 Å². The van der Waals surface area contributed by atoms with Crippen LogP contribution in [0.15, 0.2) is 65.5 Å². The highest BCUT2D eigenvalue weighted by molar-refractivity contribution is 7.07. The SMILES string of the molecule is CCCCCCCCCCCC[N+](C)(C)CCOc1ccccc1.[Br-].c1ccc2[nH]c(-c3cscn3)nc2c1. The number of benzene rings is 2. The van der Waals surface area contributed by atoms with E-state index in [0.717, 1.165) is 45.9 Å². The molecule has 7 heteroatoms. The molecular formula is C32H47BrN4OS. The lowest BCUT2D eigenvalue weighted by atomic mass is 10.1. The first-order valence-electron chi connectivity index (χ1n) is 14.4. The number of ether oxygens (including phenoxy) is 1. The van der Waals surface area contributed by atoms with Crippen LogP contribution in [0.25, 0.3) is 22.6 Å². The number of imidazole rings is 1. The van der Waals surface area contributed by atoms with E-state index < -0.39 is 0 Å². The van der Waals surface area contributed by atoms with E-state index in [0.29, 0.717) is 0 Å². The number of nitrogens with zero attached hydrogens (tertiary/aromatic N) is 3. The van der Waals surface area contributed by atoms with Gasteiger partial charge in [0.1, 0.15) is 24.6 Å². The first kappa shape index (κ1) is 33.0. The topological polar surface area (TPSA) is 50.8 Å². The van der Waals surface area contributed by atoms with Crippen LogP contribution in [-0.2, 0) is 0 Å². The van der Waals surface area contributed by atoms with Crippen LogP contribution in [0.1, 0.15) is 71.1 Å². The van der Waals surface area contributed by atoms with Crippen molar-refractivity contribution in [2.24, 2.45) is 0 Å². The Bertz CT molecular complexity index is 1100. The smallest absolute Gasteiger partial charge is 0.158 e. The Morgan fingerprint density at radius 2 is 1.44 bits per heavy atom. The average Bonchev–Trinajstić information content (AvgIpc) is 3.61. The molecule has 214 valence electrons. The van der Waals surface area contributed by atoms with Crippen LogP contribution in [0, 0.1) is 0 Å². The maximum absolute atomic E-state index is 5.83. The van der Waals surface area contributed by atoms with Crippen molar-refractivity contribution in [3.05, 3.63) is 65.5 Å². The molecule has 1 N–H and O–H groups in total. The zero-order valence-electron chi connectivity index (χ0n) is 24.1. The number of thiazole rings is 1. The fraction of sp³-hybridized carbons (Fsp3) is 0.500. The highest BCUT2D eigenvalue weighted by atomic mass is 79.9. The van der Waals surface area contributed by atoms with Crippen molar-refractivity contribution in [2.45, 2.75) is 71.1 Å². The lowest BCUT2D eigenvalue weighted by molar-refractivity contribution is -0.890. The van der Waals surface area contributed by atoms with Gasteiger partial charge in [0.15, 0.2) is 5.82 Å². The van der Waals surface area contributed by atoms with Crippen LogP contribution in [0.5, 0.6) is 5.75 Å². The fourth-order valence-electron chi connectivity index (χ4n) is 4.47. The second kappa shape index (κ2) is 19.0. The Morgan fingerprint density at radius 1 is 0.795 bits per heavy atom. The Kier molecular flexibility index (Phi) is 16.0. The minimum absolute atomic E-state index is 0. The number of likely N-dealkylation sites (N-methyl/N-ethyl adjacent to an activating group) is 1. The van der Waals surface area contributed by atoms with Gasteiger partial charge in [0.25, 0.3) is 0 Å². The molecule has 2 aromatic heterocycles. The average molecular weight is 616 g/mol. The van der Waals surface area contributed by atoms with E-state index in [4.69, 9.17) is 4.74 Å². The summed E-state index contributed by atoms with van der Waals surface area (Å²) < 4.78 is 6.89. The summed E-state index contributed by atoms with van der Waals surface area (Å²) in [5, 5.41) is 1.98. The molecule has 4 rings (SSSR count). The molecule has 0 fully saturated rings. The third kappa shape index (κ3) is 13.1. The molecule has 0 radical (unpaired) electrons. The minimum Gasteiger partial charge on any atom is -1.00 e. The van der Waals surface area contributed by atoms with Crippen LogP contribution in [0.3, 0.4) is 0 Å². The van der Waals surface area contributed by atoms with Gasteiger partial charge in [0.2, 0.25) is 0 Å². The largest absolute Gasteiger partial charge is 1.00 e. The number of quaternary nitrogens is 1.